The van der Waals surface area contributed by atoms with Crippen LogP contribution in [0.3, 0.4) is 0 Å². The van der Waals surface area contributed by atoms with Gasteiger partial charge in [0, 0.05) is 12.0 Å². The molecular formula is C15H22ClNO2S. The summed E-state index contributed by atoms with van der Waals surface area (Å²) in [4.78, 5) is 14.9. The molecule has 1 rings (SSSR count). The number of hydrogen-bond acceptors (Lipinski definition) is 3. The van der Waals surface area contributed by atoms with E-state index in [0.29, 0.717) is 6.61 Å². The Bertz CT molecular complexity index is 445. The summed E-state index contributed by atoms with van der Waals surface area (Å²) in [6, 6.07) is -0.0155. The Labute approximate surface area is 130 Å². The van der Waals surface area contributed by atoms with E-state index in [2.05, 4.69) is 17.7 Å². The molecule has 1 unspecified atom stereocenters. The van der Waals surface area contributed by atoms with Crippen LogP contribution < -0.4 is 4.90 Å². The van der Waals surface area contributed by atoms with Gasteiger partial charge < -0.3 is 9.64 Å². The van der Waals surface area contributed by atoms with Crippen molar-refractivity contribution in [2.45, 2.75) is 33.7 Å². The molecule has 0 aliphatic rings. The molecule has 1 aromatic rings. The Morgan fingerprint density at radius 3 is 2.50 bits per heavy atom. The first-order chi connectivity index (χ1) is 9.44. The molecule has 0 aliphatic heterocycles. The van der Waals surface area contributed by atoms with Gasteiger partial charge in [-0.3, -0.25) is 4.79 Å². The van der Waals surface area contributed by atoms with Crippen molar-refractivity contribution in [3.8, 4) is 12.3 Å². The lowest BCUT2D eigenvalue weighted by Gasteiger charge is -2.29. The lowest BCUT2D eigenvalue weighted by atomic mass is 10.2. The Hall–Kier alpha value is -1.02. The molecule has 3 nitrogen and oxygen atoms in total. The second-order valence-electron chi connectivity index (χ2n) is 4.31. The van der Waals surface area contributed by atoms with E-state index >= 15 is 0 Å². The number of thiophene rings is 1. The van der Waals surface area contributed by atoms with Crippen molar-refractivity contribution in [2.24, 2.45) is 0 Å². The third-order valence-electron chi connectivity index (χ3n) is 2.59. The first-order valence-corrected chi connectivity index (χ1v) is 7.64. The molecule has 112 valence electrons. The lowest BCUT2D eigenvalue weighted by molar-refractivity contribution is -0.116. The number of alkyl halides is 1. The minimum Gasteiger partial charge on any atom is -0.383 e. The van der Waals surface area contributed by atoms with E-state index in [1.54, 1.807) is 30.3 Å². The van der Waals surface area contributed by atoms with E-state index in [0.717, 1.165) is 16.1 Å². The summed E-state index contributed by atoms with van der Waals surface area (Å²) in [5.74, 6) is 2.16. The van der Waals surface area contributed by atoms with Crippen LogP contribution in [0.25, 0.3) is 0 Å². The Kier molecular flexibility index (Phi) is 9.32. The van der Waals surface area contributed by atoms with Gasteiger partial charge in [-0.15, -0.1) is 35.3 Å². The summed E-state index contributed by atoms with van der Waals surface area (Å²) < 4.78 is 5.12. The summed E-state index contributed by atoms with van der Waals surface area (Å²) in [5.41, 5.74) is 2.08. The van der Waals surface area contributed by atoms with E-state index in [1.807, 2.05) is 20.8 Å². The average Bonchev–Trinajstić information content (AvgIpc) is 2.72. The van der Waals surface area contributed by atoms with Crippen LogP contribution in [0.4, 0.5) is 5.69 Å². The fourth-order valence-corrected chi connectivity index (χ4v) is 2.86. The largest absolute Gasteiger partial charge is 0.383 e. The number of terminal acetylenes is 1. The van der Waals surface area contributed by atoms with E-state index in [1.165, 1.54) is 0 Å². The standard InChI is InChI=1S/C12H18ClNO2S.C3H4/c1-8-7-17-10(3)12(8)14(11(15)5-13)9(2)6-16-4;1-3-2/h7,9H,5-6H2,1-4H3;1H,2H3. The van der Waals surface area contributed by atoms with Gasteiger partial charge in [0.05, 0.1) is 18.3 Å². The minimum atomic E-state index is -0.0826. The van der Waals surface area contributed by atoms with Crippen LogP contribution in [-0.4, -0.2) is 31.5 Å². The molecule has 0 saturated carbocycles. The molecule has 1 heterocycles. The van der Waals surface area contributed by atoms with E-state index < -0.39 is 0 Å². The van der Waals surface area contributed by atoms with Crippen molar-refractivity contribution in [1.82, 2.24) is 0 Å². The zero-order chi connectivity index (χ0) is 15.7. The molecule has 0 spiro atoms. The first-order valence-electron chi connectivity index (χ1n) is 6.23. The fourth-order valence-electron chi connectivity index (χ4n) is 1.90. The number of hydrogen-bond donors (Lipinski definition) is 0. The predicted octanol–water partition coefficient (Wildman–Crippen LogP) is 3.61. The quantitative estimate of drug-likeness (QED) is 0.613. The summed E-state index contributed by atoms with van der Waals surface area (Å²) in [6.45, 7) is 8.13. The second kappa shape index (κ2) is 9.82. The summed E-state index contributed by atoms with van der Waals surface area (Å²) >= 11 is 7.33. The van der Waals surface area contributed by atoms with Gasteiger partial charge in [-0.1, -0.05) is 0 Å². The lowest BCUT2D eigenvalue weighted by Crippen LogP contribution is -2.42. The van der Waals surface area contributed by atoms with Gasteiger partial charge in [0.15, 0.2) is 0 Å². The molecule has 0 N–H and O–H groups in total. The van der Waals surface area contributed by atoms with E-state index in [-0.39, 0.29) is 17.8 Å². The van der Waals surface area contributed by atoms with Crippen molar-refractivity contribution in [3.63, 3.8) is 0 Å². The molecule has 1 atom stereocenters. The molecule has 0 saturated heterocycles. The molecule has 0 bridgehead atoms. The molecule has 1 aromatic heterocycles. The smallest absolute Gasteiger partial charge is 0.242 e. The zero-order valence-corrected chi connectivity index (χ0v) is 14.3. The maximum Gasteiger partial charge on any atom is 0.242 e. The number of anilines is 1. The second-order valence-corrected chi connectivity index (χ2v) is 5.66. The van der Waals surface area contributed by atoms with Crippen molar-refractivity contribution in [2.75, 3.05) is 24.5 Å². The molecular weight excluding hydrogens is 294 g/mol. The summed E-state index contributed by atoms with van der Waals surface area (Å²) in [5, 5.41) is 2.05. The first kappa shape index (κ1) is 19.0. The number of aryl methyl sites for hydroxylation is 2. The minimum absolute atomic E-state index is 0.0111. The molecule has 0 aromatic carbocycles. The van der Waals surface area contributed by atoms with Crippen LogP contribution in [0.15, 0.2) is 5.38 Å². The molecule has 5 heteroatoms. The van der Waals surface area contributed by atoms with E-state index in [9.17, 15) is 4.79 Å². The highest BCUT2D eigenvalue weighted by Crippen LogP contribution is 2.32. The third kappa shape index (κ3) is 5.16. The van der Waals surface area contributed by atoms with Crippen LogP contribution in [-0.2, 0) is 9.53 Å². The number of ether oxygens (including phenoxy) is 1. The maximum absolute atomic E-state index is 12.0. The summed E-state index contributed by atoms with van der Waals surface area (Å²) in [6.07, 6.45) is 4.60. The van der Waals surface area contributed by atoms with Crippen molar-refractivity contribution < 1.29 is 9.53 Å². The molecule has 20 heavy (non-hydrogen) atoms. The van der Waals surface area contributed by atoms with Crippen LogP contribution in [0.1, 0.15) is 24.3 Å². The maximum atomic E-state index is 12.0. The molecule has 0 aliphatic carbocycles. The monoisotopic (exact) mass is 315 g/mol. The SMILES string of the molecule is C#CC.COCC(C)N(C(=O)CCl)c1c(C)csc1C. The molecule has 0 radical (unpaired) electrons. The normalized spacial score (nSPS) is 11.1. The average molecular weight is 316 g/mol. The Morgan fingerprint density at radius 1 is 1.60 bits per heavy atom. The highest BCUT2D eigenvalue weighted by Gasteiger charge is 2.24. The Morgan fingerprint density at radius 2 is 2.15 bits per heavy atom. The molecule has 0 fully saturated rings. The van der Waals surface area contributed by atoms with Gasteiger partial charge in [-0.25, -0.2) is 0 Å². The van der Waals surface area contributed by atoms with Crippen molar-refractivity contribution in [1.29, 1.82) is 0 Å². The number of halogens is 1. The number of rotatable bonds is 5. The highest BCUT2D eigenvalue weighted by molar-refractivity contribution is 7.10. The van der Waals surface area contributed by atoms with Gasteiger partial charge in [-0.05, 0) is 38.6 Å². The van der Waals surface area contributed by atoms with Gasteiger partial charge in [-0.2, -0.15) is 0 Å². The van der Waals surface area contributed by atoms with Gasteiger partial charge in [0.25, 0.3) is 0 Å². The van der Waals surface area contributed by atoms with Crippen molar-refractivity contribution in [3.05, 3.63) is 15.8 Å². The van der Waals surface area contributed by atoms with Gasteiger partial charge >= 0.3 is 0 Å². The van der Waals surface area contributed by atoms with Crippen LogP contribution >= 0.6 is 22.9 Å². The summed E-state index contributed by atoms with van der Waals surface area (Å²) in [7, 11) is 1.63. The third-order valence-corrected chi connectivity index (χ3v) is 3.84. The van der Waals surface area contributed by atoms with E-state index in [4.69, 9.17) is 16.3 Å². The number of carbonyl (C=O) groups excluding carboxylic acids is 1. The number of nitrogens with zero attached hydrogens (tertiary/aromatic N) is 1. The number of methoxy groups -OCH3 is 1. The zero-order valence-electron chi connectivity index (χ0n) is 12.7. The van der Waals surface area contributed by atoms with Gasteiger partial charge in [0.2, 0.25) is 5.91 Å². The van der Waals surface area contributed by atoms with Gasteiger partial charge in [0.1, 0.15) is 5.88 Å². The predicted molar refractivity (Wildman–Crippen MR) is 87.8 cm³/mol. The van der Waals surface area contributed by atoms with Crippen molar-refractivity contribution >= 4 is 34.5 Å². The van der Waals surface area contributed by atoms with Crippen LogP contribution in [0.2, 0.25) is 0 Å². The number of carbonyl (C=O) groups is 1. The highest BCUT2D eigenvalue weighted by atomic mass is 35.5. The topological polar surface area (TPSA) is 29.5 Å². The fraction of sp³-hybridized carbons (Fsp3) is 0.533. The number of amides is 1. The molecule has 1 amide bonds. The van der Waals surface area contributed by atoms with Crippen LogP contribution in [0, 0.1) is 26.2 Å². The van der Waals surface area contributed by atoms with Crippen LogP contribution in [0.5, 0.6) is 0 Å². The Balaban J connectivity index is 0.00000110.